The van der Waals surface area contributed by atoms with Crippen LogP contribution in [0.2, 0.25) is 0 Å². The average molecular weight is 939 g/mol. The fourth-order valence-corrected chi connectivity index (χ4v) is 10.4. The van der Waals surface area contributed by atoms with Crippen molar-refractivity contribution in [2.75, 3.05) is 0 Å². The zero-order valence-electron chi connectivity index (χ0n) is 45.2. The Labute approximate surface area is 424 Å². The van der Waals surface area contributed by atoms with Gasteiger partial charge in [-0.1, -0.05) is 202 Å². The van der Waals surface area contributed by atoms with E-state index in [1.165, 1.54) is 55.5 Å². The predicted octanol–water partition coefficient (Wildman–Crippen LogP) is 16.7. The van der Waals surface area contributed by atoms with Crippen LogP contribution in [0.15, 0.2) is 158 Å². The van der Waals surface area contributed by atoms with Crippen LogP contribution in [-0.4, -0.2) is 14.1 Å². The Bertz CT molecular complexity index is 3410. The van der Waals surface area contributed by atoms with Crippen molar-refractivity contribution in [2.24, 2.45) is 0 Å². The molecular formula is C66H74N4O. The zero-order chi connectivity index (χ0) is 51.1. The molecule has 9 rings (SSSR count). The summed E-state index contributed by atoms with van der Waals surface area (Å²) in [5.41, 5.74) is 12.9. The van der Waals surface area contributed by atoms with E-state index in [1.807, 2.05) is 6.20 Å². The molecule has 6 aromatic carbocycles. The summed E-state index contributed by atoms with van der Waals surface area (Å²) in [6, 6.07) is 55.0. The van der Waals surface area contributed by atoms with Gasteiger partial charge in [-0.25, -0.2) is 4.98 Å². The molecule has 0 atom stereocenters. The van der Waals surface area contributed by atoms with Gasteiger partial charge in [0.05, 0.1) is 33.8 Å². The summed E-state index contributed by atoms with van der Waals surface area (Å²) < 4.78 is 14.1. The molecule has 5 heteroatoms. The molecule has 9 aromatic rings. The van der Waals surface area contributed by atoms with Gasteiger partial charge in [-0.2, -0.15) is 0 Å². The maximum Gasteiger partial charge on any atom is 0.269 e. The van der Waals surface area contributed by atoms with Gasteiger partial charge in [0.15, 0.2) is 0 Å². The maximum absolute atomic E-state index is 7.18. The van der Waals surface area contributed by atoms with Gasteiger partial charge in [0.1, 0.15) is 17.3 Å². The lowest BCUT2D eigenvalue weighted by atomic mass is 9.75. The van der Waals surface area contributed by atoms with Gasteiger partial charge < -0.3 is 4.74 Å². The first-order valence-electron chi connectivity index (χ1n) is 25.5. The fourth-order valence-electron chi connectivity index (χ4n) is 10.4. The molecule has 0 N–H and O–H groups in total. The predicted molar refractivity (Wildman–Crippen MR) is 297 cm³/mol. The summed E-state index contributed by atoms with van der Waals surface area (Å²) in [6.45, 7) is 37.0. The number of rotatable bonds is 9. The third-order valence-corrected chi connectivity index (χ3v) is 14.6. The molecule has 0 spiro atoms. The van der Waals surface area contributed by atoms with E-state index < -0.39 is 0 Å². The summed E-state index contributed by atoms with van der Waals surface area (Å²) >= 11 is 0. The number of hydrogen-bond donors (Lipinski definition) is 0. The van der Waals surface area contributed by atoms with Gasteiger partial charge in [0.2, 0.25) is 0 Å². The van der Waals surface area contributed by atoms with Crippen molar-refractivity contribution >= 4 is 21.8 Å². The third-order valence-electron chi connectivity index (χ3n) is 14.6. The highest BCUT2D eigenvalue weighted by Gasteiger charge is 2.36. The van der Waals surface area contributed by atoms with Gasteiger partial charge in [0, 0.05) is 33.9 Å². The second kappa shape index (κ2) is 17.5. The lowest BCUT2D eigenvalue weighted by Crippen LogP contribution is -2.41. The Balaban J connectivity index is 1.24. The van der Waals surface area contributed by atoms with Crippen LogP contribution in [0, 0.1) is 6.33 Å². The number of para-hydroxylation sites is 1. The number of fused-ring (bicyclic) bond motifs is 3. The summed E-state index contributed by atoms with van der Waals surface area (Å²) in [7, 11) is 0. The molecule has 0 aliphatic rings. The number of ether oxygens (including phenoxy) is 1. The molecule has 0 aliphatic carbocycles. The van der Waals surface area contributed by atoms with Crippen molar-refractivity contribution in [1.29, 1.82) is 0 Å². The van der Waals surface area contributed by atoms with Crippen molar-refractivity contribution in [3.05, 3.63) is 209 Å². The van der Waals surface area contributed by atoms with Crippen LogP contribution in [0.5, 0.6) is 11.5 Å². The normalized spacial score (nSPS) is 13.1. The van der Waals surface area contributed by atoms with E-state index in [4.69, 9.17) is 9.72 Å². The molecule has 0 aliphatic heterocycles. The number of benzene rings is 6. The van der Waals surface area contributed by atoms with Crippen molar-refractivity contribution in [3.8, 4) is 28.7 Å². The summed E-state index contributed by atoms with van der Waals surface area (Å²) in [6.07, 6.45) is 5.92. The molecule has 0 saturated heterocycles. The minimum absolute atomic E-state index is 0.0498. The van der Waals surface area contributed by atoms with Gasteiger partial charge >= 0.3 is 0 Å². The van der Waals surface area contributed by atoms with Crippen LogP contribution in [-0.2, 0) is 32.5 Å². The molecule has 0 amide bonds. The monoisotopic (exact) mass is 939 g/mol. The van der Waals surface area contributed by atoms with E-state index in [0.29, 0.717) is 0 Å². The molecule has 5 nitrogen and oxygen atoms in total. The number of hydrogen-bond acceptors (Lipinski definition) is 2. The van der Waals surface area contributed by atoms with E-state index in [-0.39, 0.29) is 32.5 Å². The van der Waals surface area contributed by atoms with Crippen LogP contribution < -0.4 is 9.30 Å². The smallest absolute Gasteiger partial charge is 0.269 e. The minimum atomic E-state index is -0.379. The molecule has 71 heavy (non-hydrogen) atoms. The molecule has 0 fully saturated rings. The number of aromatic nitrogens is 4. The largest absolute Gasteiger partial charge is 0.458 e. The highest BCUT2D eigenvalue weighted by atomic mass is 16.5. The Morgan fingerprint density at radius 2 is 1.07 bits per heavy atom. The molecule has 364 valence electrons. The van der Waals surface area contributed by atoms with Crippen LogP contribution in [0.4, 0.5) is 0 Å². The lowest BCUT2D eigenvalue weighted by molar-refractivity contribution is -0.611. The average Bonchev–Trinajstić information content (AvgIpc) is 3.90. The number of pyridine rings is 1. The fraction of sp³-hybridized carbons (Fsp3) is 0.333. The Hall–Kier alpha value is -6.72. The first-order chi connectivity index (χ1) is 33.2. The summed E-state index contributed by atoms with van der Waals surface area (Å²) in [5, 5.41) is 2.38. The molecule has 0 unspecified atom stereocenters. The van der Waals surface area contributed by atoms with Crippen LogP contribution in [0.25, 0.3) is 39.0 Å². The second-order valence-corrected chi connectivity index (χ2v) is 24.9. The molecule has 0 bridgehead atoms. The molecule has 3 aromatic heterocycles. The maximum atomic E-state index is 7.18. The molecular weight excluding hydrogens is 865 g/mol. The van der Waals surface area contributed by atoms with Crippen molar-refractivity contribution in [1.82, 2.24) is 14.1 Å². The highest BCUT2D eigenvalue weighted by molar-refractivity contribution is 6.11. The third kappa shape index (κ3) is 9.25. The van der Waals surface area contributed by atoms with E-state index >= 15 is 0 Å². The van der Waals surface area contributed by atoms with Gasteiger partial charge in [-0.05, 0) is 110 Å². The van der Waals surface area contributed by atoms with Crippen LogP contribution in [0.1, 0.15) is 156 Å². The Kier molecular flexibility index (Phi) is 12.2. The Morgan fingerprint density at radius 1 is 0.465 bits per heavy atom. The molecule has 3 heterocycles. The first-order valence-corrected chi connectivity index (χ1v) is 25.5. The standard InChI is InChI=1S/C66H74N4O/c1-61(2,3)46-34-35-67-57(39-46)70-55-33-24-23-32-53(55)58-54(66(15,16)45-28-21-18-22-29-45)41-52(42-56(58)70)71-51-31-25-30-49(40-51)68-43-69(60(64(10,11)12)59(68)63(7,8)9)50-37-47(62(4,5)6)36-48(38-50)65(13,14)44-26-19-17-20-27-44/h17-42H,1-16H3. The van der Waals surface area contributed by atoms with Crippen molar-refractivity contribution in [2.45, 2.75) is 143 Å². The number of imidazole rings is 1. The highest BCUT2D eigenvalue weighted by Crippen LogP contribution is 2.45. The quantitative estimate of drug-likeness (QED) is 0.107. The topological polar surface area (TPSA) is 35.9 Å². The van der Waals surface area contributed by atoms with Crippen molar-refractivity contribution in [3.63, 3.8) is 0 Å². The second-order valence-electron chi connectivity index (χ2n) is 24.9. The van der Waals surface area contributed by atoms with Gasteiger partial charge in [0.25, 0.3) is 6.33 Å². The van der Waals surface area contributed by atoms with Crippen molar-refractivity contribution < 1.29 is 9.30 Å². The van der Waals surface area contributed by atoms with Crippen LogP contribution in [0.3, 0.4) is 0 Å². The lowest BCUT2D eigenvalue weighted by Gasteiger charge is -2.32. The summed E-state index contributed by atoms with van der Waals surface area (Å²) in [5.74, 6) is 2.39. The van der Waals surface area contributed by atoms with Crippen LogP contribution >= 0.6 is 0 Å². The van der Waals surface area contributed by atoms with E-state index in [0.717, 1.165) is 39.7 Å². The minimum Gasteiger partial charge on any atom is -0.458 e. The van der Waals surface area contributed by atoms with E-state index in [1.54, 1.807) is 0 Å². The molecule has 0 saturated carbocycles. The summed E-state index contributed by atoms with van der Waals surface area (Å²) in [4.78, 5) is 5.04. The molecule has 0 radical (unpaired) electrons. The van der Waals surface area contributed by atoms with E-state index in [9.17, 15) is 0 Å². The first kappa shape index (κ1) is 49.3. The Morgan fingerprint density at radius 3 is 1.69 bits per heavy atom. The van der Waals surface area contributed by atoms with E-state index in [2.05, 4.69) is 282 Å². The van der Waals surface area contributed by atoms with Gasteiger partial charge in [-0.3, -0.25) is 13.7 Å². The zero-order valence-corrected chi connectivity index (χ0v) is 45.2. The number of nitrogens with zero attached hydrogens (tertiary/aromatic N) is 4. The SMILES string of the molecule is CC(C)(C)c1cc(-[n+]2[c-]n(-c3cccc(Oc4cc(C(C)(C)c5ccccc5)c5c6ccccc6n(-c6cc(C(C)(C)C)ccn6)c5c4)c3)c(C(C)(C)C)c2C(C)(C)C)cc(C(C)(C)c2ccccc2)c1. The van der Waals surface area contributed by atoms with Gasteiger partial charge in [-0.15, -0.1) is 0 Å².